The van der Waals surface area contributed by atoms with Gasteiger partial charge in [0.1, 0.15) is 0 Å². The van der Waals surface area contributed by atoms with Gasteiger partial charge in [0.2, 0.25) is 5.95 Å². The predicted octanol–water partition coefficient (Wildman–Crippen LogP) is 10.7. The third-order valence-corrected chi connectivity index (χ3v) is 9.44. The first-order chi connectivity index (χ1) is 24.8. The average molecular weight is 638 g/mol. The number of fused-ring (bicyclic) bond motifs is 6. The van der Waals surface area contributed by atoms with E-state index in [2.05, 4.69) is 137 Å². The summed E-state index contributed by atoms with van der Waals surface area (Å²) in [5.74, 6) is 1.71. The fourth-order valence-corrected chi connectivity index (χ4v) is 7.16. The van der Waals surface area contributed by atoms with Crippen LogP contribution in [0.2, 0.25) is 0 Å². The Labute approximate surface area is 288 Å². The molecule has 0 aliphatic carbocycles. The molecule has 0 saturated carbocycles. The van der Waals surface area contributed by atoms with Crippen LogP contribution in [0.3, 0.4) is 0 Å². The molecule has 0 amide bonds. The third-order valence-electron chi connectivity index (χ3n) is 9.44. The van der Waals surface area contributed by atoms with Crippen molar-refractivity contribution in [1.29, 1.82) is 0 Å². The van der Waals surface area contributed by atoms with Crippen molar-refractivity contribution < 1.29 is 0 Å². The molecule has 0 N–H and O–H groups in total. The Kier molecular flexibility index (Phi) is 6.33. The lowest BCUT2D eigenvalue weighted by molar-refractivity contribution is 0.953. The normalized spacial score (nSPS) is 11.4. The minimum Gasteiger partial charge on any atom is -0.309 e. The van der Waals surface area contributed by atoms with Gasteiger partial charge in [0.05, 0.1) is 27.6 Å². The van der Waals surface area contributed by atoms with Gasteiger partial charge >= 0.3 is 0 Å². The Hall–Kier alpha value is -7.03. The summed E-state index contributed by atoms with van der Waals surface area (Å²) in [5, 5.41) is 4.73. The minimum absolute atomic E-state index is 0.552. The molecular weight excluding hydrogens is 611 g/mol. The second-order valence-corrected chi connectivity index (χ2v) is 12.4. The number of rotatable bonds is 5. The Balaban J connectivity index is 1.17. The zero-order chi connectivity index (χ0) is 33.0. The van der Waals surface area contributed by atoms with Crippen molar-refractivity contribution in [3.63, 3.8) is 0 Å². The van der Waals surface area contributed by atoms with Gasteiger partial charge in [0, 0.05) is 32.8 Å². The molecular formula is C45H27N5. The van der Waals surface area contributed by atoms with Gasteiger partial charge in [-0.3, -0.25) is 4.57 Å². The summed E-state index contributed by atoms with van der Waals surface area (Å²) >= 11 is 0. The maximum Gasteiger partial charge on any atom is 0.238 e. The molecule has 5 heteroatoms. The molecule has 50 heavy (non-hydrogen) atoms. The van der Waals surface area contributed by atoms with E-state index in [1.165, 1.54) is 21.8 Å². The van der Waals surface area contributed by atoms with Crippen molar-refractivity contribution in [3.05, 3.63) is 176 Å². The number of benzene rings is 6. The fourth-order valence-electron chi connectivity index (χ4n) is 7.16. The molecule has 0 aliphatic heterocycles. The van der Waals surface area contributed by atoms with E-state index in [1.807, 2.05) is 48.5 Å². The van der Waals surface area contributed by atoms with E-state index in [1.54, 1.807) is 0 Å². The van der Waals surface area contributed by atoms with Gasteiger partial charge in [0.25, 0.3) is 0 Å². The lowest BCUT2D eigenvalue weighted by Crippen LogP contribution is -2.06. The summed E-state index contributed by atoms with van der Waals surface area (Å²) in [5.41, 5.74) is 9.59. The maximum atomic E-state index is 5.06. The number of hydrogen-bond acceptors (Lipinski definition) is 3. The molecule has 10 rings (SSSR count). The summed E-state index contributed by atoms with van der Waals surface area (Å²) in [6, 6.07) is 63.2. The second-order valence-electron chi connectivity index (χ2n) is 12.4. The molecule has 3 heterocycles. The van der Waals surface area contributed by atoms with E-state index in [0.717, 1.165) is 49.7 Å². The van der Waals surface area contributed by atoms with Crippen LogP contribution >= 0.6 is 0 Å². The lowest BCUT2D eigenvalue weighted by Gasteiger charge is -2.10. The van der Waals surface area contributed by atoms with Crippen LogP contribution in [0.1, 0.15) is 0 Å². The summed E-state index contributed by atoms with van der Waals surface area (Å²) in [4.78, 5) is 15.0. The molecule has 0 aliphatic rings. The van der Waals surface area contributed by atoms with Crippen LogP contribution in [-0.2, 0) is 0 Å². The Morgan fingerprint density at radius 2 is 0.960 bits per heavy atom. The van der Waals surface area contributed by atoms with E-state index in [4.69, 9.17) is 15.0 Å². The average Bonchev–Trinajstić information content (AvgIpc) is 3.71. The number of para-hydroxylation sites is 3. The van der Waals surface area contributed by atoms with Crippen molar-refractivity contribution in [2.75, 3.05) is 0 Å². The number of hydrogen-bond donors (Lipinski definition) is 0. The second kappa shape index (κ2) is 11.3. The monoisotopic (exact) mass is 637 g/mol. The molecule has 0 unspecified atom stereocenters. The molecule has 0 saturated heterocycles. The van der Waals surface area contributed by atoms with Gasteiger partial charge in [-0.1, -0.05) is 115 Å². The zero-order valence-corrected chi connectivity index (χ0v) is 26.8. The van der Waals surface area contributed by atoms with E-state index < -0.39 is 0 Å². The smallest absolute Gasteiger partial charge is 0.238 e. The van der Waals surface area contributed by atoms with E-state index >= 15 is 0 Å². The van der Waals surface area contributed by atoms with Crippen LogP contribution in [-0.4, -0.2) is 24.1 Å². The molecule has 7 aromatic carbocycles. The van der Waals surface area contributed by atoms with E-state index in [0.29, 0.717) is 17.6 Å². The summed E-state index contributed by atoms with van der Waals surface area (Å²) in [6.45, 7) is 0. The van der Waals surface area contributed by atoms with Gasteiger partial charge < -0.3 is 4.57 Å². The van der Waals surface area contributed by atoms with Gasteiger partial charge in [-0.05, 0) is 71.8 Å². The molecule has 0 atom stereocenters. The highest BCUT2D eigenvalue weighted by Gasteiger charge is 2.19. The van der Waals surface area contributed by atoms with Crippen LogP contribution in [0, 0.1) is 12.1 Å². The molecule has 5 nitrogen and oxygen atoms in total. The Morgan fingerprint density at radius 1 is 0.400 bits per heavy atom. The van der Waals surface area contributed by atoms with Crippen LogP contribution in [0.4, 0.5) is 0 Å². The van der Waals surface area contributed by atoms with Gasteiger partial charge in [-0.25, -0.2) is 4.98 Å². The van der Waals surface area contributed by atoms with Gasteiger partial charge in [-0.15, -0.1) is 0 Å². The minimum atomic E-state index is 0.552. The number of nitrogens with zero attached hydrogens (tertiary/aromatic N) is 5. The van der Waals surface area contributed by atoms with Gasteiger partial charge in [0.15, 0.2) is 11.6 Å². The molecule has 0 fully saturated rings. The molecule has 0 bridgehead atoms. The van der Waals surface area contributed by atoms with E-state index in [-0.39, 0.29) is 0 Å². The molecule has 0 radical (unpaired) electrons. The zero-order valence-electron chi connectivity index (χ0n) is 26.8. The van der Waals surface area contributed by atoms with Crippen LogP contribution < -0.4 is 0 Å². The summed E-state index contributed by atoms with van der Waals surface area (Å²) < 4.78 is 4.50. The highest BCUT2D eigenvalue weighted by molar-refractivity contribution is 6.12. The Morgan fingerprint density at radius 3 is 1.62 bits per heavy atom. The first-order valence-corrected chi connectivity index (χ1v) is 16.6. The Bertz CT molecular complexity index is 2800. The van der Waals surface area contributed by atoms with Gasteiger partial charge in [-0.2, -0.15) is 9.97 Å². The van der Waals surface area contributed by atoms with Crippen LogP contribution in [0.5, 0.6) is 0 Å². The highest BCUT2D eigenvalue weighted by atomic mass is 15.2. The van der Waals surface area contributed by atoms with Crippen LogP contribution in [0.15, 0.2) is 164 Å². The maximum absolute atomic E-state index is 5.06. The summed E-state index contributed by atoms with van der Waals surface area (Å²) in [7, 11) is 0. The highest BCUT2D eigenvalue weighted by Crippen LogP contribution is 2.38. The third kappa shape index (κ3) is 4.47. The van der Waals surface area contributed by atoms with E-state index in [9.17, 15) is 0 Å². The molecule has 3 aromatic heterocycles. The predicted molar refractivity (Wildman–Crippen MR) is 202 cm³/mol. The largest absolute Gasteiger partial charge is 0.309 e. The first-order valence-electron chi connectivity index (χ1n) is 16.6. The van der Waals surface area contributed by atoms with Crippen LogP contribution in [0.25, 0.3) is 89.2 Å². The van der Waals surface area contributed by atoms with Crippen molar-refractivity contribution >= 4 is 43.6 Å². The lowest BCUT2D eigenvalue weighted by atomic mass is 10.0. The topological polar surface area (TPSA) is 48.5 Å². The SMILES string of the molecule is c1cccc(-c2nc(-c3ccccc3)nc(-n3c4ccccc4c4cc(-c5ccc6c(c5)c5ccccc5n6-c5ccccc5)ccc43)n2)c#1. The number of aromatic nitrogens is 5. The van der Waals surface area contributed by atoms with Crippen molar-refractivity contribution in [2.24, 2.45) is 0 Å². The van der Waals surface area contributed by atoms with Crippen molar-refractivity contribution in [2.45, 2.75) is 0 Å². The molecule has 10 aromatic rings. The summed E-state index contributed by atoms with van der Waals surface area (Å²) in [6.07, 6.45) is 0. The quantitative estimate of drug-likeness (QED) is 0.189. The molecule has 232 valence electrons. The van der Waals surface area contributed by atoms with Crippen molar-refractivity contribution in [3.8, 4) is 45.5 Å². The first kappa shape index (κ1) is 28.0. The fraction of sp³-hybridized carbons (Fsp3) is 0. The van der Waals surface area contributed by atoms with Crippen molar-refractivity contribution in [1.82, 2.24) is 24.1 Å². The molecule has 0 spiro atoms. The standard InChI is InChI=1S/C45H27N5/c1-4-14-30(15-5-1)43-46-44(31-16-6-2-7-17-31)48-45(47-43)50-40-23-13-11-21-36(40)38-29-33(25-27-42(38)50)32-24-26-41-37(28-32)35-20-10-12-22-39(35)49(41)34-18-8-3-9-19-34/h1-6,8-16,18-29H.